The van der Waals surface area contributed by atoms with E-state index in [0.29, 0.717) is 16.8 Å². The molecule has 0 atom stereocenters. The van der Waals surface area contributed by atoms with Crippen LogP contribution in [0.25, 0.3) is 0 Å². The van der Waals surface area contributed by atoms with Crippen molar-refractivity contribution in [3.05, 3.63) is 58.9 Å². The van der Waals surface area contributed by atoms with Crippen molar-refractivity contribution in [3.8, 4) is 0 Å². The molecule has 0 aromatic heterocycles. The lowest BCUT2D eigenvalue weighted by Gasteiger charge is -2.11. The molecule has 0 spiro atoms. The minimum Gasteiger partial charge on any atom is -0.322 e. The summed E-state index contributed by atoms with van der Waals surface area (Å²) in [6, 6.07) is 8.62. The molecule has 0 bridgehead atoms. The number of carbonyl (C=O) groups excluding carboxylic acids is 1. The van der Waals surface area contributed by atoms with Gasteiger partial charge in [-0.25, -0.2) is 16.8 Å². The van der Waals surface area contributed by atoms with Crippen molar-refractivity contribution >= 4 is 31.7 Å². The predicted molar refractivity (Wildman–Crippen MR) is 88.4 cm³/mol. The second kappa shape index (κ2) is 6.51. The molecule has 1 N–H and O–H groups in total. The molecule has 0 aliphatic rings. The molecule has 0 fully saturated rings. The lowest BCUT2D eigenvalue weighted by molar-refractivity contribution is 0.102. The van der Waals surface area contributed by atoms with Crippen LogP contribution >= 0.6 is 0 Å². The van der Waals surface area contributed by atoms with Gasteiger partial charge in [0.15, 0.2) is 0 Å². The van der Waals surface area contributed by atoms with E-state index in [9.17, 15) is 17.6 Å². The fraction of sp³-hybridized carbons (Fsp3) is 0.133. The molecule has 5 nitrogen and oxygen atoms in total. The number of rotatable bonds is 4. The number of hydrogen-bond donors (Lipinski definition) is 1. The zero-order valence-corrected chi connectivity index (χ0v) is 14.9. The van der Waals surface area contributed by atoms with Crippen molar-refractivity contribution in [2.75, 3.05) is 5.32 Å². The van der Waals surface area contributed by atoms with Crippen LogP contribution in [0.4, 0.5) is 10.1 Å². The summed E-state index contributed by atoms with van der Waals surface area (Å²) in [7, 11) is -2.78. The maximum Gasteiger partial charge on any atom is 0.273 e. The third kappa shape index (κ3) is 3.59. The molecule has 0 heterocycles. The van der Waals surface area contributed by atoms with E-state index in [2.05, 4.69) is 9.36 Å². The van der Waals surface area contributed by atoms with E-state index in [1.165, 1.54) is 36.4 Å². The molecule has 0 aliphatic heterocycles. The van der Waals surface area contributed by atoms with Gasteiger partial charge in [-0.1, -0.05) is 6.07 Å². The fourth-order valence-corrected chi connectivity index (χ4v) is 3.43. The maximum absolute atomic E-state index is 13.3. The van der Waals surface area contributed by atoms with Crippen molar-refractivity contribution in [2.24, 2.45) is 4.04 Å². The molecule has 1 amide bonds. The Kier molecular flexibility index (Phi) is 4.86. The number of nitrogens with zero attached hydrogens (tertiary/aromatic N) is 1. The highest BCUT2D eigenvalue weighted by molar-refractivity contribution is 7.90. The molecule has 2 aromatic carbocycles. The summed E-state index contributed by atoms with van der Waals surface area (Å²) in [5.74, 6) is -0.832. The van der Waals surface area contributed by atoms with Gasteiger partial charge >= 0.3 is 0 Å². The van der Waals surface area contributed by atoms with Gasteiger partial charge in [0.2, 0.25) is 0 Å². The highest BCUT2D eigenvalue weighted by Gasteiger charge is 2.19. The average Bonchev–Trinajstić information content (AvgIpc) is 2.51. The van der Waals surface area contributed by atoms with Crippen molar-refractivity contribution in [1.82, 2.24) is 0 Å². The number of amides is 1. The lowest BCUT2D eigenvalue weighted by atomic mass is 10.1. The van der Waals surface area contributed by atoms with Crippen LogP contribution < -0.4 is 5.32 Å². The standard InChI is InChI=1S/C15H15FN2O3SSi/c1-9-8-11(6-7-13(9)16)17-15(19)12-4-3-5-14(10(12)2)22(20,21)18-23/h3-8H,23H2,1-2H3,(H,17,19). The van der Waals surface area contributed by atoms with Crippen molar-refractivity contribution < 1.29 is 17.6 Å². The predicted octanol–water partition coefficient (Wildman–Crippen LogP) is 2.20. The Morgan fingerprint density at radius 3 is 2.52 bits per heavy atom. The molecule has 0 saturated heterocycles. The first-order chi connectivity index (χ1) is 10.8. The van der Waals surface area contributed by atoms with E-state index >= 15 is 0 Å². The maximum atomic E-state index is 13.3. The largest absolute Gasteiger partial charge is 0.322 e. The minimum absolute atomic E-state index is 0.00423. The molecular weight excluding hydrogens is 335 g/mol. The molecule has 8 heteroatoms. The van der Waals surface area contributed by atoms with E-state index in [1.54, 1.807) is 13.8 Å². The molecule has 2 aromatic rings. The van der Waals surface area contributed by atoms with Crippen molar-refractivity contribution in [3.63, 3.8) is 0 Å². The number of hydrogen-bond acceptors (Lipinski definition) is 3. The van der Waals surface area contributed by atoms with Gasteiger partial charge < -0.3 is 5.32 Å². The second-order valence-corrected chi connectivity index (χ2v) is 7.37. The minimum atomic E-state index is -3.76. The van der Waals surface area contributed by atoms with Crippen LogP contribution in [0.5, 0.6) is 0 Å². The second-order valence-electron chi connectivity index (χ2n) is 4.95. The summed E-state index contributed by atoms with van der Waals surface area (Å²) in [6.07, 6.45) is 0. The number of anilines is 1. The van der Waals surface area contributed by atoms with Gasteiger partial charge in [0.25, 0.3) is 15.9 Å². The van der Waals surface area contributed by atoms with Gasteiger partial charge in [-0.05, 0) is 55.3 Å². The third-order valence-corrected chi connectivity index (χ3v) is 5.75. The Morgan fingerprint density at radius 1 is 1.22 bits per heavy atom. The Morgan fingerprint density at radius 2 is 1.91 bits per heavy atom. The summed E-state index contributed by atoms with van der Waals surface area (Å²) >= 11 is 0. The molecule has 120 valence electrons. The number of carbonyl (C=O) groups is 1. The van der Waals surface area contributed by atoms with Crippen LogP contribution in [0.2, 0.25) is 0 Å². The van der Waals surface area contributed by atoms with Crippen LogP contribution in [0, 0.1) is 19.7 Å². The topological polar surface area (TPSA) is 75.6 Å². The summed E-state index contributed by atoms with van der Waals surface area (Å²) in [4.78, 5) is 12.4. The SMILES string of the molecule is Cc1cc(NC(=O)c2cccc(S(=O)(=O)N=[SiH2])c2C)ccc1F. The lowest BCUT2D eigenvalue weighted by Crippen LogP contribution is -2.15. The van der Waals surface area contributed by atoms with E-state index in [1.807, 2.05) is 0 Å². The zero-order valence-electron chi connectivity index (χ0n) is 12.6. The summed E-state index contributed by atoms with van der Waals surface area (Å²) in [6.45, 7) is 3.14. The Bertz CT molecular complexity index is 898. The van der Waals surface area contributed by atoms with E-state index in [-0.39, 0.29) is 16.3 Å². The van der Waals surface area contributed by atoms with E-state index in [0.717, 1.165) is 10.0 Å². The van der Waals surface area contributed by atoms with E-state index in [4.69, 9.17) is 0 Å². The molecule has 0 aliphatic carbocycles. The number of nitrogens with one attached hydrogen (secondary N) is 1. The summed E-state index contributed by atoms with van der Waals surface area (Å²) in [5.41, 5.74) is 1.38. The highest BCUT2D eigenvalue weighted by Crippen LogP contribution is 2.22. The fourth-order valence-electron chi connectivity index (χ4n) is 2.13. The van der Waals surface area contributed by atoms with Gasteiger partial charge in [-0.2, -0.15) is 0 Å². The molecule has 0 saturated carbocycles. The molecule has 0 radical (unpaired) electrons. The number of aryl methyl sites for hydroxylation is 1. The van der Waals surface area contributed by atoms with Gasteiger partial charge in [0.05, 0.1) is 4.90 Å². The van der Waals surface area contributed by atoms with Gasteiger partial charge in [0, 0.05) is 11.3 Å². The van der Waals surface area contributed by atoms with Crippen LogP contribution in [-0.4, -0.2) is 24.4 Å². The highest BCUT2D eigenvalue weighted by atomic mass is 32.2. The summed E-state index contributed by atoms with van der Waals surface area (Å²) in [5, 5.41) is 2.63. The molecule has 0 unspecified atom stereocenters. The average molecular weight is 350 g/mol. The Balaban J connectivity index is 2.38. The third-order valence-electron chi connectivity index (χ3n) is 3.39. The quantitative estimate of drug-likeness (QED) is 0.859. The Hall–Kier alpha value is -2.19. The van der Waals surface area contributed by atoms with E-state index < -0.39 is 15.9 Å². The Labute approximate surface area is 136 Å². The monoisotopic (exact) mass is 350 g/mol. The van der Waals surface area contributed by atoms with Gasteiger partial charge in [-0.15, -0.1) is 0 Å². The molecule has 23 heavy (non-hydrogen) atoms. The smallest absolute Gasteiger partial charge is 0.273 e. The van der Waals surface area contributed by atoms with Crippen molar-refractivity contribution in [1.29, 1.82) is 0 Å². The van der Waals surface area contributed by atoms with Gasteiger partial charge in [-0.3, -0.25) is 4.79 Å². The van der Waals surface area contributed by atoms with Crippen LogP contribution in [0.15, 0.2) is 45.3 Å². The number of benzene rings is 2. The van der Waals surface area contributed by atoms with Gasteiger partial charge in [0.1, 0.15) is 15.9 Å². The summed E-state index contributed by atoms with van der Waals surface area (Å²) < 4.78 is 40.4. The first-order valence-corrected chi connectivity index (χ1v) is 8.73. The normalized spacial score (nSPS) is 11.1. The number of sulfonamides is 1. The van der Waals surface area contributed by atoms with Crippen LogP contribution in [0.3, 0.4) is 0 Å². The number of halogens is 1. The first kappa shape index (κ1) is 17.2. The first-order valence-electron chi connectivity index (χ1n) is 6.66. The van der Waals surface area contributed by atoms with Crippen molar-refractivity contribution in [2.45, 2.75) is 18.7 Å². The van der Waals surface area contributed by atoms with Crippen LogP contribution in [0.1, 0.15) is 21.5 Å². The zero-order chi connectivity index (χ0) is 17.2. The van der Waals surface area contributed by atoms with Crippen LogP contribution in [-0.2, 0) is 10.0 Å². The molecule has 2 rings (SSSR count). The molecular formula is C15H15FN2O3SSi.